The van der Waals surface area contributed by atoms with Gasteiger partial charge in [-0.25, -0.2) is 9.97 Å². The lowest BCUT2D eigenvalue weighted by molar-refractivity contribution is 0.0781. The van der Waals surface area contributed by atoms with Crippen LogP contribution in [-0.2, 0) is 11.8 Å². The van der Waals surface area contributed by atoms with Crippen molar-refractivity contribution in [2.75, 3.05) is 25.1 Å². The summed E-state index contributed by atoms with van der Waals surface area (Å²) in [5.74, 6) is 2.02. The third-order valence-electron chi connectivity index (χ3n) is 3.63. The number of anilines is 1. The van der Waals surface area contributed by atoms with E-state index in [0.717, 1.165) is 48.9 Å². The minimum Gasteiger partial charge on any atom is -0.381 e. The molecule has 1 saturated heterocycles. The molecule has 0 spiro atoms. The van der Waals surface area contributed by atoms with Gasteiger partial charge in [0.15, 0.2) is 0 Å². The molecular weight excluding hydrogens is 266 g/mol. The molecule has 2 aromatic heterocycles. The molecule has 1 fully saturated rings. The van der Waals surface area contributed by atoms with Gasteiger partial charge < -0.3 is 10.1 Å². The third-order valence-corrected chi connectivity index (χ3v) is 3.63. The van der Waals surface area contributed by atoms with Crippen molar-refractivity contribution in [3.8, 4) is 11.3 Å². The van der Waals surface area contributed by atoms with Gasteiger partial charge in [-0.2, -0.15) is 5.10 Å². The van der Waals surface area contributed by atoms with Crippen LogP contribution < -0.4 is 5.32 Å². The van der Waals surface area contributed by atoms with E-state index in [-0.39, 0.29) is 5.92 Å². The molecule has 0 amide bonds. The van der Waals surface area contributed by atoms with E-state index in [9.17, 15) is 0 Å². The fraction of sp³-hybridized carbons (Fsp3) is 0.533. The van der Waals surface area contributed by atoms with Gasteiger partial charge in [0.1, 0.15) is 11.6 Å². The SMILES string of the molecule is CCNc1cc(-c2cnn(C)c2)nc(C2CCCOC2)n1. The van der Waals surface area contributed by atoms with Crippen LogP contribution in [-0.4, -0.2) is 39.5 Å². The zero-order valence-electron chi connectivity index (χ0n) is 12.5. The number of hydrogen-bond acceptors (Lipinski definition) is 5. The average Bonchev–Trinajstić information content (AvgIpc) is 2.95. The Kier molecular flexibility index (Phi) is 4.15. The summed E-state index contributed by atoms with van der Waals surface area (Å²) in [7, 11) is 1.91. The lowest BCUT2D eigenvalue weighted by atomic mass is 10.0. The van der Waals surface area contributed by atoms with E-state index >= 15 is 0 Å². The lowest BCUT2D eigenvalue weighted by Crippen LogP contribution is -2.18. The van der Waals surface area contributed by atoms with Gasteiger partial charge >= 0.3 is 0 Å². The van der Waals surface area contributed by atoms with Gasteiger partial charge in [0, 0.05) is 43.9 Å². The molecular formula is C15H21N5O. The van der Waals surface area contributed by atoms with Gasteiger partial charge in [0.25, 0.3) is 0 Å². The number of rotatable bonds is 4. The molecule has 112 valence electrons. The number of aromatic nitrogens is 4. The van der Waals surface area contributed by atoms with Crippen LogP contribution in [0, 0.1) is 0 Å². The second kappa shape index (κ2) is 6.22. The Morgan fingerprint density at radius 1 is 1.43 bits per heavy atom. The Morgan fingerprint density at radius 3 is 3.00 bits per heavy atom. The Labute approximate surface area is 124 Å². The summed E-state index contributed by atoms with van der Waals surface area (Å²) in [6.07, 6.45) is 5.96. The van der Waals surface area contributed by atoms with Crippen molar-refractivity contribution in [1.82, 2.24) is 19.7 Å². The fourth-order valence-electron chi connectivity index (χ4n) is 2.57. The van der Waals surface area contributed by atoms with E-state index in [2.05, 4.69) is 22.3 Å². The molecule has 2 aromatic rings. The number of nitrogens with zero attached hydrogens (tertiary/aromatic N) is 4. The highest BCUT2D eigenvalue weighted by atomic mass is 16.5. The van der Waals surface area contributed by atoms with E-state index in [1.807, 2.05) is 25.5 Å². The second-order valence-corrected chi connectivity index (χ2v) is 5.34. The standard InChI is InChI=1S/C15H21N5O/c1-3-16-14-7-13(12-8-17-20(2)9-12)18-15(19-14)11-5-4-6-21-10-11/h7-9,11H,3-6,10H2,1-2H3,(H,16,18,19). The first-order valence-electron chi connectivity index (χ1n) is 7.46. The summed E-state index contributed by atoms with van der Waals surface area (Å²) in [6, 6.07) is 1.98. The first kappa shape index (κ1) is 14.0. The molecule has 3 rings (SSSR count). The predicted octanol–water partition coefficient (Wildman–Crippen LogP) is 2.20. The van der Waals surface area contributed by atoms with E-state index in [4.69, 9.17) is 9.72 Å². The molecule has 1 unspecified atom stereocenters. The van der Waals surface area contributed by atoms with Crippen molar-refractivity contribution in [2.24, 2.45) is 7.05 Å². The average molecular weight is 287 g/mol. The molecule has 6 nitrogen and oxygen atoms in total. The predicted molar refractivity (Wildman–Crippen MR) is 81.2 cm³/mol. The fourth-order valence-corrected chi connectivity index (χ4v) is 2.57. The normalized spacial score (nSPS) is 18.7. The number of ether oxygens (including phenoxy) is 1. The molecule has 0 aliphatic carbocycles. The second-order valence-electron chi connectivity index (χ2n) is 5.34. The first-order chi connectivity index (χ1) is 10.3. The van der Waals surface area contributed by atoms with Crippen molar-refractivity contribution < 1.29 is 4.74 Å². The van der Waals surface area contributed by atoms with Crippen molar-refractivity contribution in [1.29, 1.82) is 0 Å². The summed E-state index contributed by atoms with van der Waals surface area (Å²) in [6.45, 7) is 4.46. The van der Waals surface area contributed by atoms with Gasteiger partial charge in [-0.3, -0.25) is 4.68 Å². The monoisotopic (exact) mass is 287 g/mol. The van der Waals surface area contributed by atoms with Crippen LogP contribution in [0.1, 0.15) is 31.5 Å². The van der Waals surface area contributed by atoms with Gasteiger partial charge in [-0.1, -0.05) is 0 Å². The van der Waals surface area contributed by atoms with Crippen LogP contribution in [0.15, 0.2) is 18.5 Å². The highest BCUT2D eigenvalue weighted by Crippen LogP contribution is 2.26. The number of aryl methyl sites for hydroxylation is 1. The topological polar surface area (TPSA) is 64.9 Å². The minimum atomic E-state index is 0.285. The highest BCUT2D eigenvalue weighted by molar-refractivity contribution is 5.61. The largest absolute Gasteiger partial charge is 0.381 e. The molecule has 1 aliphatic rings. The van der Waals surface area contributed by atoms with Crippen LogP contribution >= 0.6 is 0 Å². The van der Waals surface area contributed by atoms with Crippen molar-refractivity contribution in [3.05, 3.63) is 24.3 Å². The van der Waals surface area contributed by atoms with E-state index in [0.29, 0.717) is 6.61 Å². The molecule has 1 atom stereocenters. The Morgan fingerprint density at radius 2 is 2.33 bits per heavy atom. The zero-order valence-corrected chi connectivity index (χ0v) is 12.5. The minimum absolute atomic E-state index is 0.285. The van der Waals surface area contributed by atoms with Crippen LogP contribution in [0.2, 0.25) is 0 Å². The first-order valence-corrected chi connectivity index (χ1v) is 7.46. The van der Waals surface area contributed by atoms with E-state index in [1.165, 1.54) is 0 Å². The summed E-state index contributed by atoms with van der Waals surface area (Å²) < 4.78 is 7.35. The summed E-state index contributed by atoms with van der Waals surface area (Å²) >= 11 is 0. The molecule has 3 heterocycles. The van der Waals surface area contributed by atoms with Crippen LogP contribution in [0.5, 0.6) is 0 Å². The molecule has 6 heteroatoms. The summed E-state index contributed by atoms with van der Waals surface area (Å²) in [4.78, 5) is 9.39. The van der Waals surface area contributed by atoms with E-state index < -0.39 is 0 Å². The third kappa shape index (κ3) is 3.21. The summed E-state index contributed by atoms with van der Waals surface area (Å²) in [5.41, 5.74) is 1.92. The van der Waals surface area contributed by atoms with Gasteiger partial charge in [-0.15, -0.1) is 0 Å². The molecule has 1 N–H and O–H groups in total. The maximum atomic E-state index is 5.57. The van der Waals surface area contributed by atoms with Crippen LogP contribution in [0.25, 0.3) is 11.3 Å². The van der Waals surface area contributed by atoms with E-state index in [1.54, 1.807) is 4.68 Å². The van der Waals surface area contributed by atoms with Crippen molar-refractivity contribution in [2.45, 2.75) is 25.7 Å². The molecule has 1 aliphatic heterocycles. The van der Waals surface area contributed by atoms with Crippen molar-refractivity contribution >= 4 is 5.82 Å². The molecule has 0 aromatic carbocycles. The maximum absolute atomic E-state index is 5.57. The van der Waals surface area contributed by atoms with Gasteiger partial charge in [0.2, 0.25) is 0 Å². The number of nitrogens with one attached hydrogen (secondary N) is 1. The summed E-state index contributed by atoms with van der Waals surface area (Å²) in [5, 5.41) is 7.51. The van der Waals surface area contributed by atoms with Crippen LogP contribution in [0.4, 0.5) is 5.82 Å². The smallest absolute Gasteiger partial charge is 0.136 e. The Balaban J connectivity index is 1.96. The molecule has 0 radical (unpaired) electrons. The van der Waals surface area contributed by atoms with Crippen LogP contribution in [0.3, 0.4) is 0 Å². The van der Waals surface area contributed by atoms with Crippen molar-refractivity contribution in [3.63, 3.8) is 0 Å². The quantitative estimate of drug-likeness (QED) is 0.934. The zero-order chi connectivity index (χ0) is 14.7. The maximum Gasteiger partial charge on any atom is 0.136 e. The lowest BCUT2D eigenvalue weighted by Gasteiger charge is -2.21. The Hall–Kier alpha value is -1.95. The molecule has 21 heavy (non-hydrogen) atoms. The van der Waals surface area contributed by atoms with Gasteiger partial charge in [0.05, 0.1) is 18.5 Å². The van der Waals surface area contributed by atoms with Gasteiger partial charge in [-0.05, 0) is 19.8 Å². The molecule has 0 bridgehead atoms. The number of hydrogen-bond donors (Lipinski definition) is 1. The molecule has 0 saturated carbocycles. The highest BCUT2D eigenvalue weighted by Gasteiger charge is 2.20. The Bertz CT molecular complexity index is 604.